The van der Waals surface area contributed by atoms with E-state index in [0.717, 1.165) is 6.42 Å². The Kier molecular flexibility index (Phi) is 8.30. The van der Waals surface area contributed by atoms with Gasteiger partial charge in [0.15, 0.2) is 0 Å². The second-order valence-corrected chi connectivity index (χ2v) is 3.03. The molecule has 0 aromatic heterocycles. The third kappa shape index (κ3) is 10.9. The lowest BCUT2D eigenvalue weighted by atomic mass is 10.1. The van der Waals surface area contributed by atoms with Gasteiger partial charge in [0.05, 0.1) is 0 Å². The van der Waals surface area contributed by atoms with Crippen LogP contribution in [0.3, 0.4) is 0 Å². The van der Waals surface area contributed by atoms with Crippen LogP contribution in [0.1, 0.15) is 45.4 Å². The first-order valence-corrected chi connectivity index (χ1v) is 4.87. The van der Waals surface area contributed by atoms with Gasteiger partial charge in [0.2, 0.25) is 5.96 Å². The van der Waals surface area contributed by atoms with Crippen LogP contribution in [0.15, 0.2) is 10.2 Å². The molecule has 4 N–H and O–H groups in total. The van der Waals surface area contributed by atoms with E-state index in [-0.39, 0.29) is 5.96 Å². The summed E-state index contributed by atoms with van der Waals surface area (Å²) in [5, 5.41) is 7.20. The third-order valence-electron chi connectivity index (χ3n) is 1.69. The van der Waals surface area contributed by atoms with Gasteiger partial charge in [-0.2, -0.15) is 5.10 Å². The molecule has 13 heavy (non-hydrogen) atoms. The number of hydrogen-bond donors (Lipinski definition) is 2. The van der Waals surface area contributed by atoms with Gasteiger partial charge in [-0.05, 0) is 12.8 Å². The Morgan fingerprint density at radius 2 is 1.85 bits per heavy atom. The topological polar surface area (TPSA) is 76.8 Å². The lowest BCUT2D eigenvalue weighted by Gasteiger charge is -1.94. The van der Waals surface area contributed by atoms with E-state index in [1.807, 2.05) is 0 Å². The third-order valence-corrected chi connectivity index (χ3v) is 1.69. The highest BCUT2D eigenvalue weighted by Crippen LogP contribution is 2.03. The molecule has 0 aliphatic rings. The van der Waals surface area contributed by atoms with E-state index >= 15 is 0 Å². The van der Waals surface area contributed by atoms with Gasteiger partial charge in [-0.3, -0.25) is 0 Å². The Labute approximate surface area is 80.1 Å². The highest BCUT2D eigenvalue weighted by Gasteiger charge is 1.86. The van der Waals surface area contributed by atoms with Crippen molar-refractivity contribution in [2.75, 3.05) is 0 Å². The molecular formula is C9H20N4. The van der Waals surface area contributed by atoms with Crippen molar-refractivity contribution in [2.24, 2.45) is 21.7 Å². The fourth-order valence-electron chi connectivity index (χ4n) is 1.00. The molecular weight excluding hydrogens is 164 g/mol. The summed E-state index contributed by atoms with van der Waals surface area (Å²) in [6.45, 7) is 2.21. The molecule has 0 aromatic rings. The predicted molar refractivity (Wildman–Crippen MR) is 57.7 cm³/mol. The molecule has 0 spiro atoms. The van der Waals surface area contributed by atoms with Crippen LogP contribution in [0.5, 0.6) is 0 Å². The zero-order valence-electron chi connectivity index (χ0n) is 8.37. The summed E-state index contributed by atoms with van der Waals surface area (Å²) < 4.78 is 0. The van der Waals surface area contributed by atoms with Crippen LogP contribution in [0, 0.1) is 0 Å². The molecule has 76 valence electrons. The van der Waals surface area contributed by atoms with Crippen LogP contribution < -0.4 is 11.5 Å². The Morgan fingerprint density at radius 3 is 2.46 bits per heavy atom. The van der Waals surface area contributed by atoms with Gasteiger partial charge in [-0.15, -0.1) is 5.10 Å². The van der Waals surface area contributed by atoms with Crippen molar-refractivity contribution < 1.29 is 0 Å². The van der Waals surface area contributed by atoms with E-state index in [1.165, 1.54) is 32.1 Å². The van der Waals surface area contributed by atoms with Gasteiger partial charge in [-0.25, -0.2) is 0 Å². The van der Waals surface area contributed by atoms with Crippen molar-refractivity contribution in [2.45, 2.75) is 45.4 Å². The Morgan fingerprint density at radius 1 is 1.15 bits per heavy atom. The number of nitrogens with two attached hydrogens (primary N) is 2. The standard InChI is InChI=1S/C9H20N4/c1-2-3-4-5-6-7-8-12-13-9(10)11/h8H,2-7H2,1H3,(H4,10,11,13)/b12-8-. The van der Waals surface area contributed by atoms with E-state index in [4.69, 9.17) is 11.5 Å². The number of hydrogen-bond acceptors (Lipinski definition) is 2. The minimum atomic E-state index is 0.0160. The van der Waals surface area contributed by atoms with Gasteiger partial charge in [-0.1, -0.05) is 32.6 Å². The van der Waals surface area contributed by atoms with Crippen LogP contribution >= 0.6 is 0 Å². The van der Waals surface area contributed by atoms with Crippen LogP contribution in [-0.4, -0.2) is 12.2 Å². The largest absolute Gasteiger partial charge is 0.369 e. The van der Waals surface area contributed by atoms with Gasteiger partial charge in [0.1, 0.15) is 0 Å². The van der Waals surface area contributed by atoms with Crippen LogP contribution in [0.4, 0.5) is 0 Å². The number of guanidine groups is 1. The van der Waals surface area contributed by atoms with Crippen LogP contribution in [0.2, 0.25) is 0 Å². The SMILES string of the molecule is CCCCCCC/C=N\N=C(N)N. The number of unbranched alkanes of at least 4 members (excludes halogenated alkanes) is 5. The first-order chi connectivity index (χ1) is 6.27. The second kappa shape index (κ2) is 9.03. The van der Waals surface area contributed by atoms with Crippen molar-refractivity contribution in [3.63, 3.8) is 0 Å². The molecule has 0 unspecified atom stereocenters. The fraction of sp³-hybridized carbons (Fsp3) is 0.778. The van der Waals surface area contributed by atoms with E-state index in [1.54, 1.807) is 6.21 Å². The minimum Gasteiger partial charge on any atom is -0.369 e. The Bertz CT molecular complexity index is 159. The van der Waals surface area contributed by atoms with Crippen molar-refractivity contribution in [1.29, 1.82) is 0 Å². The minimum absolute atomic E-state index is 0.0160. The lowest BCUT2D eigenvalue weighted by molar-refractivity contribution is 0.645. The highest BCUT2D eigenvalue weighted by molar-refractivity contribution is 5.76. The second-order valence-electron chi connectivity index (χ2n) is 3.03. The molecule has 0 rings (SSSR count). The molecule has 4 nitrogen and oxygen atoms in total. The molecule has 0 bridgehead atoms. The maximum Gasteiger partial charge on any atom is 0.211 e. The molecule has 0 atom stereocenters. The number of rotatable bonds is 7. The Hall–Kier alpha value is -1.06. The molecule has 0 fully saturated rings. The van der Waals surface area contributed by atoms with Crippen LogP contribution in [0.25, 0.3) is 0 Å². The zero-order valence-corrected chi connectivity index (χ0v) is 8.37. The van der Waals surface area contributed by atoms with Gasteiger partial charge in [0.25, 0.3) is 0 Å². The molecule has 0 heterocycles. The molecule has 0 aliphatic heterocycles. The van der Waals surface area contributed by atoms with Gasteiger partial charge < -0.3 is 11.5 Å². The molecule has 0 amide bonds. The molecule has 0 saturated carbocycles. The summed E-state index contributed by atoms with van der Waals surface area (Å²) in [6.07, 6.45) is 9.07. The average Bonchev–Trinajstić information content (AvgIpc) is 2.09. The lowest BCUT2D eigenvalue weighted by Crippen LogP contribution is -2.21. The van der Waals surface area contributed by atoms with E-state index in [0.29, 0.717) is 0 Å². The predicted octanol–water partition coefficient (Wildman–Crippen LogP) is 1.61. The summed E-state index contributed by atoms with van der Waals surface area (Å²) in [5.74, 6) is 0.0160. The average molecular weight is 184 g/mol. The highest BCUT2D eigenvalue weighted by atomic mass is 15.3. The van der Waals surface area contributed by atoms with Crippen molar-refractivity contribution >= 4 is 12.2 Å². The summed E-state index contributed by atoms with van der Waals surface area (Å²) in [6, 6.07) is 0. The monoisotopic (exact) mass is 184 g/mol. The first-order valence-electron chi connectivity index (χ1n) is 4.87. The smallest absolute Gasteiger partial charge is 0.211 e. The molecule has 0 saturated heterocycles. The van der Waals surface area contributed by atoms with Crippen LogP contribution in [-0.2, 0) is 0 Å². The summed E-state index contributed by atoms with van der Waals surface area (Å²) in [5.41, 5.74) is 10.2. The van der Waals surface area contributed by atoms with Crippen molar-refractivity contribution in [3.8, 4) is 0 Å². The summed E-state index contributed by atoms with van der Waals surface area (Å²) >= 11 is 0. The van der Waals surface area contributed by atoms with Gasteiger partial charge in [0, 0.05) is 6.21 Å². The number of nitrogens with zero attached hydrogens (tertiary/aromatic N) is 2. The van der Waals surface area contributed by atoms with Gasteiger partial charge >= 0.3 is 0 Å². The maximum atomic E-state index is 5.09. The summed E-state index contributed by atoms with van der Waals surface area (Å²) in [7, 11) is 0. The first kappa shape index (κ1) is 11.9. The maximum absolute atomic E-state index is 5.09. The normalized spacial score (nSPS) is 10.5. The zero-order chi connectivity index (χ0) is 9.94. The van der Waals surface area contributed by atoms with E-state index in [9.17, 15) is 0 Å². The molecule has 4 heteroatoms. The molecule has 0 aliphatic carbocycles. The van der Waals surface area contributed by atoms with Crippen molar-refractivity contribution in [3.05, 3.63) is 0 Å². The quantitative estimate of drug-likeness (QED) is 0.273. The van der Waals surface area contributed by atoms with E-state index < -0.39 is 0 Å². The Balaban J connectivity index is 3.16. The molecule has 0 aromatic carbocycles. The molecule has 0 radical (unpaired) electrons. The summed E-state index contributed by atoms with van der Waals surface area (Å²) in [4.78, 5) is 0. The fourth-order valence-corrected chi connectivity index (χ4v) is 1.00. The van der Waals surface area contributed by atoms with Crippen molar-refractivity contribution in [1.82, 2.24) is 0 Å². The van der Waals surface area contributed by atoms with E-state index in [2.05, 4.69) is 17.1 Å².